The molecule has 0 saturated carbocycles. The van der Waals surface area contributed by atoms with Gasteiger partial charge in [0.05, 0.1) is 0 Å². The summed E-state index contributed by atoms with van der Waals surface area (Å²) < 4.78 is 0. The van der Waals surface area contributed by atoms with Gasteiger partial charge in [-0.1, -0.05) is 115 Å². The van der Waals surface area contributed by atoms with Crippen LogP contribution in [0.25, 0.3) is 33.4 Å². The molecular formula is C38H30N2. The number of nitrogen functional groups attached to an aromatic ring is 2. The molecule has 0 saturated heterocycles. The SMILES string of the molecule is Nc1ccc(-c2cc(C(=C(c3ccccc3)c3ccccc3)c3ccccc3)cc(-c3ccc(N)cc3)c2)cc1. The van der Waals surface area contributed by atoms with Crippen molar-refractivity contribution >= 4 is 22.5 Å². The van der Waals surface area contributed by atoms with E-state index in [1.165, 1.54) is 22.3 Å². The van der Waals surface area contributed by atoms with Gasteiger partial charge in [-0.2, -0.15) is 0 Å². The lowest BCUT2D eigenvalue weighted by molar-refractivity contribution is 1.49. The van der Waals surface area contributed by atoms with Crippen LogP contribution in [0.15, 0.2) is 158 Å². The average Bonchev–Trinajstić information content (AvgIpc) is 3.01. The number of hydrogen-bond donors (Lipinski definition) is 2. The van der Waals surface area contributed by atoms with Gasteiger partial charge in [-0.05, 0) is 98.1 Å². The highest BCUT2D eigenvalue weighted by atomic mass is 14.5. The molecule has 0 aromatic heterocycles. The van der Waals surface area contributed by atoms with E-state index >= 15 is 0 Å². The van der Waals surface area contributed by atoms with Gasteiger partial charge < -0.3 is 11.5 Å². The van der Waals surface area contributed by atoms with Crippen molar-refractivity contribution in [1.82, 2.24) is 0 Å². The lowest BCUT2D eigenvalue weighted by Crippen LogP contribution is -1.98. The first-order chi connectivity index (χ1) is 19.7. The summed E-state index contributed by atoms with van der Waals surface area (Å²) in [6, 6.07) is 55.0. The fourth-order valence-corrected chi connectivity index (χ4v) is 5.18. The predicted octanol–water partition coefficient (Wildman–Crippen LogP) is 9.19. The van der Waals surface area contributed by atoms with E-state index in [2.05, 4.69) is 133 Å². The van der Waals surface area contributed by atoms with Gasteiger partial charge in [0.15, 0.2) is 0 Å². The molecule has 0 unspecified atom stereocenters. The summed E-state index contributed by atoms with van der Waals surface area (Å²) >= 11 is 0. The van der Waals surface area contributed by atoms with Crippen LogP contribution in [0.4, 0.5) is 11.4 Å². The van der Waals surface area contributed by atoms with E-state index in [1.807, 2.05) is 24.3 Å². The van der Waals surface area contributed by atoms with E-state index in [4.69, 9.17) is 11.5 Å². The summed E-state index contributed by atoms with van der Waals surface area (Å²) in [6.07, 6.45) is 0. The summed E-state index contributed by atoms with van der Waals surface area (Å²) in [7, 11) is 0. The molecule has 0 bridgehead atoms. The van der Waals surface area contributed by atoms with E-state index in [9.17, 15) is 0 Å². The normalized spacial score (nSPS) is 10.7. The Morgan fingerprint density at radius 1 is 0.300 bits per heavy atom. The zero-order valence-electron chi connectivity index (χ0n) is 22.2. The highest BCUT2D eigenvalue weighted by molar-refractivity contribution is 6.05. The quantitative estimate of drug-likeness (QED) is 0.172. The summed E-state index contributed by atoms with van der Waals surface area (Å²) in [5.74, 6) is 0. The monoisotopic (exact) mass is 514 g/mol. The van der Waals surface area contributed by atoms with Crippen molar-refractivity contribution < 1.29 is 0 Å². The first-order valence-electron chi connectivity index (χ1n) is 13.4. The fourth-order valence-electron chi connectivity index (χ4n) is 5.18. The van der Waals surface area contributed by atoms with E-state index in [-0.39, 0.29) is 0 Å². The lowest BCUT2D eigenvalue weighted by Gasteiger charge is -2.20. The van der Waals surface area contributed by atoms with Crippen molar-refractivity contribution in [3.8, 4) is 22.3 Å². The predicted molar refractivity (Wildman–Crippen MR) is 170 cm³/mol. The third-order valence-electron chi connectivity index (χ3n) is 7.15. The van der Waals surface area contributed by atoms with E-state index in [0.717, 1.165) is 44.8 Å². The molecule has 0 amide bonds. The van der Waals surface area contributed by atoms with Crippen molar-refractivity contribution in [2.75, 3.05) is 11.5 Å². The Bertz CT molecular complexity index is 1650. The van der Waals surface area contributed by atoms with Crippen molar-refractivity contribution in [3.63, 3.8) is 0 Å². The maximum Gasteiger partial charge on any atom is 0.0314 e. The Balaban J connectivity index is 1.70. The molecule has 0 aliphatic carbocycles. The Morgan fingerprint density at radius 2 is 0.625 bits per heavy atom. The Kier molecular flexibility index (Phi) is 6.98. The van der Waals surface area contributed by atoms with Crippen molar-refractivity contribution in [3.05, 3.63) is 180 Å². The highest BCUT2D eigenvalue weighted by Crippen LogP contribution is 2.40. The summed E-state index contributed by atoms with van der Waals surface area (Å²) in [6.45, 7) is 0. The second kappa shape index (κ2) is 11.2. The van der Waals surface area contributed by atoms with E-state index < -0.39 is 0 Å². The second-order valence-electron chi connectivity index (χ2n) is 9.89. The van der Waals surface area contributed by atoms with Gasteiger partial charge >= 0.3 is 0 Å². The van der Waals surface area contributed by atoms with Crippen LogP contribution in [0, 0.1) is 0 Å². The first kappa shape index (κ1) is 25.0. The maximum atomic E-state index is 6.04. The van der Waals surface area contributed by atoms with Crippen LogP contribution in [0.5, 0.6) is 0 Å². The van der Waals surface area contributed by atoms with Crippen LogP contribution in [-0.2, 0) is 0 Å². The van der Waals surface area contributed by atoms with Gasteiger partial charge in [-0.25, -0.2) is 0 Å². The molecule has 0 fully saturated rings. The Labute approximate surface area is 235 Å². The molecule has 2 nitrogen and oxygen atoms in total. The third kappa shape index (κ3) is 5.29. The number of rotatable bonds is 6. The molecule has 2 heteroatoms. The fraction of sp³-hybridized carbons (Fsp3) is 0. The minimum absolute atomic E-state index is 0.749. The van der Waals surface area contributed by atoms with Crippen LogP contribution >= 0.6 is 0 Å². The highest BCUT2D eigenvalue weighted by Gasteiger charge is 2.18. The van der Waals surface area contributed by atoms with Crippen molar-refractivity contribution in [2.45, 2.75) is 0 Å². The van der Waals surface area contributed by atoms with E-state index in [0.29, 0.717) is 0 Å². The molecule has 6 rings (SSSR count). The minimum atomic E-state index is 0.749. The lowest BCUT2D eigenvalue weighted by atomic mass is 9.84. The van der Waals surface area contributed by atoms with Gasteiger partial charge in [0.25, 0.3) is 0 Å². The Morgan fingerprint density at radius 3 is 0.975 bits per heavy atom. The number of benzene rings is 6. The molecule has 6 aromatic carbocycles. The standard InChI is InChI=1S/C38H30N2/c39-35-20-16-27(17-21-35)32-24-33(28-18-22-36(40)23-19-28)26-34(25-32)38(31-14-8-3-9-15-31)37(29-10-4-1-5-11-29)30-12-6-2-7-13-30/h1-26H,39-40H2. The largest absolute Gasteiger partial charge is 0.399 e. The van der Waals surface area contributed by atoms with Crippen molar-refractivity contribution in [2.24, 2.45) is 0 Å². The molecule has 0 aliphatic rings. The molecule has 0 radical (unpaired) electrons. The number of anilines is 2. The zero-order chi connectivity index (χ0) is 27.3. The van der Waals surface area contributed by atoms with Gasteiger partial charge in [0.1, 0.15) is 0 Å². The second-order valence-corrected chi connectivity index (χ2v) is 9.89. The summed E-state index contributed by atoms with van der Waals surface area (Å²) in [4.78, 5) is 0. The van der Waals surface area contributed by atoms with Crippen LogP contribution in [-0.4, -0.2) is 0 Å². The van der Waals surface area contributed by atoms with Crippen LogP contribution in [0.2, 0.25) is 0 Å². The molecule has 0 heterocycles. The topological polar surface area (TPSA) is 52.0 Å². The van der Waals surface area contributed by atoms with Crippen LogP contribution in [0.1, 0.15) is 22.3 Å². The van der Waals surface area contributed by atoms with Crippen molar-refractivity contribution in [1.29, 1.82) is 0 Å². The molecule has 6 aromatic rings. The molecule has 0 spiro atoms. The number of nitrogens with two attached hydrogens (primary N) is 2. The molecule has 192 valence electrons. The average molecular weight is 515 g/mol. The number of hydrogen-bond acceptors (Lipinski definition) is 2. The first-order valence-corrected chi connectivity index (χ1v) is 13.4. The smallest absolute Gasteiger partial charge is 0.0314 e. The Hall–Kier alpha value is -5.34. The zero-order valence-corrected chi connectivity index (χ0v) is 22.2. The summed E-state index contributed by atoms with van der Waals surface area (Å²) in [5.41, 5.74) is 25.0. The maximum absolute atomic E-state index is 6.04. The van der Waals surface area contributed by atoms with Gasteiger partial charge in [-0.15, -0.1) is 0 Å². The molecule has 0 aliphatic heterocycles. The van der Waals surface area contributed by atoms with Crippen LogP contribution in [0.3, 0.4) is 0 Å². The van der Waals surface area contributed by atoms with E-state index in [1.54, 1.807) is 0 Å². The van der Waals surface area contributed by atoms with Gasteiger partial charge in [0.2, 0.25) is 0 Å². The minimum Gasteiger partial charge on any atom is -0.399 e. The molecule has 40 heavy (non-hydrogen) atoms. The molecule has 4 N–H and O–H groups in total. The molecular weight excluding hydrogens is 484 g/mol. The summed E-state index contributed by atoms with van der Waals surface area (Å²) in [5, 5.41) is 0. The third-order valence-corrected chi connectivity index (χ3v) is 7.15. The molecule has 0 atom stereocenters. The van der Waals surface area contributed by atoms with Gasteiger partial charge in [-0.3, -0.25) is 0 Å². The van der Waals surface area contributed by atoms with Gasteiger partial charge in [0, 0.05) is 11.4 Å². The van der Waals surface area contributed by atoms with Crippen LogP contribution < -0.4 is 11.5 Å².